The third-order valence-corrected chi connectivity index (χ3v) is 7.09. The van der Waals surface area contributed by atoms with Gasteiger partial charge in [0.05, 0.1) is 29.4 Å². The number of anilines is 1. The number of nitrogens with zero attached hydrogens (tertiary/aromatic N) is 2. The van der Waals surface area contributed by atoms with Crippen molar-refractivity contribution < 1.29 is 22.7 Å². The van der Waals surface area contributed by atoms with Crippen molar-refractivity contribution in [2.24, 2.45) is 0 Å². The third kappa shape index (κ3) is 4.29. The molecule has 0 aromatic heterocycles. The summed E-state index contributed by atoms with van der Waals surface area (Å²) in [4.78, 5) is 15.2. The molecule has 2 heterocycles. The fraction of sp³-hybridized carbons (Fsp3) is 0.381. The molecule has 7 nitrogen and oxygen atoms in total. The molecule has 0 unspecified atom stereocenters. The minimum atomic E-state index is -3.70. The molecular formula is C21H24N2O5S. The smallest absolute Gasteiger partial charge is 0.345 e. The molecular weight excluding hydrogens is 392 g/mol. The number of rotatable bonds is 5. The van der Waals surface area contributed by atoms with Crippen LogP contribution in [0.25, 0.3) is 0 Å². The summed E-state index contributed by atoms with van der Waals surface area (Å²) in [7, 11) is -3.70. The number of sulfonamides is 1. The summed E-state index contributed by atoms with van der Waals surface area (Å²) >= 11 is 0. The molecule has 2 aromatic rings. The molecule has 0 spiro atoms. The molecule has 154 valence electrons. The molecule has 2 aromatic carbocycles. The summed E-state index contributed by atoms with van der Waals surface area (Å²) < 4.78 is 38.3. The molecule has 0 bridgehead atoms. The Morgan fingerprint density at radius 1 is 0.931 bits per heavy atom. The van der Waals surface area contributed by atoms with E-state index in [-0.39, 0.29) is 10.5 Å². The predicted molar refractivity (Wildman–Crippen MR) is 109 cm³/mol. The van der Waals surface area contributed by atoms with Gasteiger partial charge in [-0.1, -0.05) is 18.2 Å². The van der Waals surface area contributed by atoms with Crippen molar-refractivity contribution in [2.45, 2.75) is 17.7 Å². The van der Waals surface area contributed by atoms with E-state index in [1.54, 1.807) is 36.4 Å². The van der Waals surface area contributed by atoms with Crippen LogP contribution in [0, 0.1) is 0 Å². The second kappa shape index (κ2) is 8.52. The number of esters is 1. The summed E-state index contributed by atoms with van der Waals surface area (Å²) in [5.74, 6) is -0.136. The molecule has 2 aliphatic heterocycles. The van der Waals surface area contributed by atoms with Crippen molar-refractivity contribution >= 4 is 21.7 Å². The summed E-state index contributed by atoms with van der Waals surface area (Å²) in [5.41, 5.74) is 0.981. The average Bonchev–Trinajstić information content (AvgIpc) is 3.29. The molecule has 29 heavy (non-hydrogen) atoms. The molecule has 4 rings (SSSR count). The van der Waals surface area contributed by atoms with Crippen LogP contribution in [0.5, 0.6) is 5.75 Å². The highest BCUT2D eigenvalue weighted by atomic mass is 32.2. The van der Waals surface area contributed by atoms with Gasteiger partial charge in [-0.3, -0.25) is 0 Å². The number of hydrogen-bond acceptors (Lipinski definition) is 6. The van der Waals surface area contributed by atoms with Gasteiger partial charge >= 0.3 is 5.97 Å². The Hall–Kier alpha value is -2.42. The molecule has 0 N–H and O–H groups in total. The fourth-order valence-corrected chi connectivity index (χ4v) is 5.09. The number of benzene rings is 2. The van der Waals surface area contributed by atoms with Crippen molar-refractivity contribution in [1.29, 1.82) is 0 Å². The van der Waals surface area contributed by atoms with Gasteiger partial charge in [0, 0.05) is 26.2 Å². The topological polar surface area (TPSA) is 76.2 Å². The molecule has 0 atom stereocenters. The number of morpholine rings is 1. The minimum absolute atomic E-state index is 0.0994. The van der Waals surface area contributed by atoms with Gasteiger partial charge in [-0.05, 0) is 43.2 Å². The van der Waals surface area contributed by atoms with Gasteiger partial charge in [0.1, 0.15) is 5.75 Å². The van der Waals surface area contributed by atoms with Crippen LogP contribution in [0.4, 0.5) is 5.69 Å². The molecule has 2 saturated heterocycles. The zero-order valence-electron chi connectivity index (χ0n) is 16.1. The van der Waals surface area contributed by atoms with E-state index in [1.165, 1.54) is 10.4 Å². The Morgan fingerprint density at radius 2 is 1.62 bits per heavy atom. The van der Waals surface area contributed by atoms with Gasteiger partial charge in [-0.15, -0.1) is 0 Å². The van der Waals surface area contributed by atoms with Gasteiger partial charge in [0.2, 0.25) is 10.0 Å². The van der Waals surface area contributed by atoms with Crippen LogP contribution < -0.4 is 9.64 Å². The molecule has 0 radical (unpaired) electrons. The highest BCUT2D eigenvalue weighted by molar-refractivity contribution is 7.89. The molecule has 0 amide bonds. The Kier molecular flexibility index (Phi) is 5.84. The minimum Gasteiger partial charge on any atom is -0.423 e. The lowest BCUT2D eigenvalue weighted by Crippen LogP contribution is -2.40. The van der Waals surface area contributed by atoms with Crippen LogP contribution in [0.3, 0.4) is 0 Å². The Bertz CT molecular complexity index is 966. The highest BCUT2D eigenvalue weighted by Crippen LogP contribution is 2.29. The summed E-state index contributed by atoms with van der Waals surface area (Å²) in [6, 6.07) is 13.5. The van der Waals surface area contributed by atoms with E-state index < -0.39 is 16.0 Å². The van der Waals surface area contributed by atoms with E-state index in [0.29, 0.717) is 37.7 Å². The third-order valence-electron chi connectivity index (χ3n) is 5.20. The van der Waals surface area contributed by atoms with Crippen LogP contribution in [0.2, 0.25) is 0 Å². The average molecular weight is 416 g/mol. The largest absolute Gasteiger partial charge is 0.423 e. The van der Waals surface area contributed by atoms with Crippen molar-refractivity contribution in [3.8, 4) is 5.75 Å². The Labute approximate surface area is 170 Å². The van der Waals surface area contributed by atoms with Crippen LogP contribution >= 0.6 is 0 Å². The number of ether oxygens (including phenoxy) is 2. The van der Waals surface area contributed by atoms with Crippen molar-refractivity contribution in [1.82, 2.24) is 4.31 Å². The van der Waals surface area contributed by atoms with Gasteiger partial charge in [0.25, 0.3) is 0 Å². The fourth-order valence-electron chi connectivity index (χ4n) is 3.66. The summed E-state index contributed by atoms with van der Waals surface area (Å²) in [5, 5.41) is 0. The molecule has 2 fully saturated rings. The van der Waals surface area contributed by atoms with E-state index in [1.807, 2.05) is 6.07 Å². The van der Waals surface area contributed by atoms with Gasteiger partial charge < -0.3 is 14.4 Å². The van der Waals surface area contributed by atoms with Gasteiger partial charge in [-0.25, -0.2) is 13.2 Å². The first-order valence-corrected chi connectivity index (χ1v) is 11.2. The van der Waals surface area contributed by atoms with Crippen molar-refractivity contribution in [3.05, 3.63) is 54.1 Å². The standard InChI is InChI=1S/C21H24N2O5S/c24-21(28-17-6-2-1-3-7-17)19-16-18(8-9-20(19)22-10-4-5-11-22)29(25,26)23-12-14-27-15-13-23/h1-3,6-9,16H,4-5,10-15H2. The van der Waals surface area contributed by atoms with E-state index in [4.69, 9.17) is 9.47 Å². The van der Waals surface area contributed by atoms with E-state index in [9.17, 15) is 13.2 Å². The van der Waals surface area contributed by atoms with Crippen molar-refractivity contribution in [3.63, 3.8) is 0 Å². The van der Waals surface area contributed by atoms with Crippen LogP contribution in [0.1, 0.15) is 23.2 Å². The van der Waals surface area contributed by atoms with E-state index in [0.717, 1.165) is 25.9 Å². The first kappa shape index (κ1) is 19.9. The number of carbonyl (C=O) groups excluding carboxylic acids is 1. The zero-order valence-corrected chi connectivity index (χ0v) is 16.9. The first-order chi connectivity index (χ1) is 14.1. The lowest BCUT2D eigenvalue weighted by atomic mass is 10.1. The maximum atomic E-state index is 13.1. The predicted octanol–water partition coefficient (Wildman–Crippen LogP) is 2.53. The van der Waals surface area contributed by atoms with E-state index >= 15 is 0 Å². The summed E-state index contributed by atoms with van der Waals surface area (Å²) in [6.07, 6.45) is 2.09. The molecule has 8 heteroatoms. The molecule has 2 aliphatic rings. The van der Waals surface area contributed by atoms with Crippen LogP contribution in [-0.2, 0) is 14.8 Å². The molecule has 0 aliphatic carbocycles. The lowest BCUT2D eigenvalue weighted by Gasteiger charge is -2.27. The highest BCUT2D eigenvalue weighted by Gasteiger charge is 2.29. The number of hydrogen-bond donors (Lipinski definition) is 0. The van der Waals surface area contributed by atoms with Crippen LogP contribution in [-0.4, -0.2) is 58.1 Å². The second-order valence-corrected chi connectivity index (χ2v) is 9.03. The van der Waals surface area contributed by atoms with E-state index in [2.05, 4.69) is 4.90 Å². The number of para-hydroxylation sites is 1. The maximum Gasteiger partial charge on any atom is 0.345 e. The molecule has 0 saturated carbocycles. The maximum absolute atomic E-state index is 13.1. The Morgan fingerprint density at radius 3 is 2.31 bits per heavy atom. The zero-order chi connectivity index (χ0) is 20.3. The Balaban J connectivity index is 1.69. The monoisotopic (exact) mass is 416 g/mol. The van der Waals surface area contributed by atoms with Gasteiger partial charge in [0.15, 0.2) is 0 Å². The normalized spacial score (nSPS) is 18.0. The SMILES string of the molecule is O=C(Oc1ccccc1)c1cc(S(=O)(=O)N2CCOCC2)ccc1N1CCCC1. The quantitative estimate of drug-likeness (QED) is 0.551. The van der Waals surface area contributed by atoms with Gasteiger partial charge in [-0.2, -0.15) is 4.31 Å². The number of carbonyl (C=O) groups is 1. The van der Waals surface area contributed by atoms with Crippen molar-refractivity contribution in [2.75, 3.05) is 44.3 Å². The van der Waals surface area contributed by atoms with Crippen LogP contribution in [0.15, 0.2) is 53.4 Å². The summed E-state index contributed by atoms with van der Waals surface area (Å²) in [6.45, 7) is 3.02. The first-order valence-electron chi connectivity index (χ1n) is 9.80. The second-order valence-electron chi connectivity index (χ2n) is 7.09. The lowest BCUT2D eigenvalue weighted by molar-refractivity contribution is 0.0727.